The van der Waals surface area contributed by atoms with Gasteiger partial charge in [0.25, 0.3) is 0 Å². The molecule has 1 atom stereocenters. The second kappa shape index (κ2) is 5.16. The fourth-order valence-electron chi connectivity index (χ4n) is 2.58. The molecule has 1 aromatic carbocycles. The molecule has 0 fully saturated rings. The molecule has 94 valence electrons. The lowest BCUT2D eigenvalue weighted by Crippen LogP contribution is -2.05. The van der Waals surface area contributed by atoms with Crippen molar-refractivity contribution in [2.24, 2.45) is 0 Å². The molecule has 0 spiro atoms. The maximum Gasteiger partial charge on any atom is 0.105 e. The van der Waals surface area contributed by atoms with E-state index in [2.05, 4.69) is 34.1 Å². The van der Waals surface area contributed by atoms with Gasteiger partial charge in [-0.1, -0.05) is 18.2 Å². The zero-order chi connectivity index (χ0) is 12.5. The van der Waals surface area contributed by atoms with Crippen molar-refractivity contribution in [2.45, 2.75) is 31.8 Å². The van der Waals surface area contributed by atoms with Crippen LogP contribution in [0.1, 0.15) is 41.2 Å². The lowest BCUT2D eigenvalue weighted by Gasteiger charge is -2.18. The van der Waals surface area contributed by atoms with Crippen LogP contribution >= 0.6 is 27.3 Å². The first-order valence-electron chi connectivity index (χ1n) is 6.28. The van der Waals surface area contributed by atoms with E-state index in [4.69, 9.17) is 0 Å². The number of hydrogen-bond acceptors (Lipinski definition) is 2. The molecule has 0 bridgehead atoms. The summed E-state index contributed by atoms with van der Waals surface area (Å²) in [7, 11) is 0. The van der Waals surface area contributed by atoms with Crippen molar-refractivity contribution in [1.82, 2.24) is 0 Å². The number of aliphatic hydroxyl groups excluding tert-OH is 1. The van der Waals surface area contributed by atoms with Crippen LogP contribution in [-0.4, -0.2) is 5.11 Å². The Morgan fingerprint density at radius 1 is 1.06 bits per heavy atom. The van der Waals surface area contributed by atoms with Crippen LogP contribution in [0.5, 0.6) is 0 Å². The number of benzene rings is 1. The minimum Gasteiger partial charge on any atom is -0.384 e. The highest BCUT2D eigenvalue weighted by Gasteiger charge is 2.15. The van der Waals surface area contributed by atoms with Gasteiger partial charge in [0.1, 0.15) is 6.10 Å². The normalized spacial score (nSPS) is 16.3. The molecule has 2 aromatic rings. The van der Waals surface area contributed by atoms with Gasteiger partial charge in [-0.05, 0) is 75.3 Å². The van der Waals surface area contributed by atoms with E-state index in [1.807, 2.05) is 11.4 Å². The second-order valence-electron chi connectivity index (χ2n) is 4.82. The molecule has 0 saturated carbocycles. The van der Waals surface area contributed by atoms with E-state index < -0.39 is 6.10 Å². The molecule has 0 saturated heterocycles. The summed E-state index contributed by atoms with van der Waals surface area (Å²) in [6, 6.07) is 8.44. The maximum absolute atomic E-state index is 10.4. The first-order valence-corrected chi connectivity index (χ1v) is 7.95. The molecule has 0 amide bonds. The lowest BCUT2D eigenvalue weighted by molar-refractivity contribution is 0.220. The monoisotopic (exact) mass is 322 g/mol. The summed E-state index contributed by atoms with van der Waals surface area (Å²) in [6.45, 7) is 0. The van der Waals surface area contributed by atoms with Gasteiger partial charge in [0.15, 0.2) is 0 Å². The van der Waals surface area contributed by atoms with Crippen LogP contribution in [0.3, 0.4) is 0 Å². The number of aliphatic hydroxyl groups is 1. The largest absolute Gasteiger partial charge is 0.384 e. The summed E-state index contributed by atoms with van der Waals surface area (Å²) in [5, 5.41) is 12.4. The van der Waals surface area contributed by atoms with Crippen molar-refractivity contribution < 1.29 is 5.11 Å². The Morgan fingerprint density at radius 2 is 1.83 bits per heavy atom. The number of rotatable bonds is 2. The Kier molecular flexibility index (Phi) is 3.55. The molecule has 1 aliphatic carbocycles. The molecule has 3 rings (SSSR count). The van der Waals surface area contributed by atoms with E-state index in [9.17, 15) is 5.11 Å². The smallest absolute Gasteiger partial charge is 0.105 e. The van der Waals surface area contributed by atoms with Gasteiger partial charge in [-0.15, -0.1) is 11.3 Å². The Morgan fingerprint density at radius 3 is 2.56 bits per heavy atom. The first kappa shape index (κ1) is 12.4. The molecule has 1 unspecified atom stereocenters. The molecular weight excluding hydrogens is 308 g/mol. The minimum atomic E-state index is -0.500. The van der Waals surface area contributed by atoms with Crippen LogP contribution in [0.2, 0.25) is 0 Å². The topological polar surface area (TPSA) is 20.2 Å². The van der Waals surface area contributed by atoms with Crippen LogP contribution in [0.4, 0.5) is 0 Å². The van der Waals surface area contributed by atoms with Gasteiger partial charge >= 0.3 is 0 Å². The SMILES string of the molecule is OC(c1csc(Br)c1)c1ccc2c(c1)CCCC2. The third-order valence-electron chi connectivity index (χ3n) is 3.59. The van der Waals surface area contributed by atoms with Crippen molar-refractivity contribution >= 4 is 27.3 Å². The summed E-state index contributed by atoms with van der Waals surface area (Å²) in [6.07, 6.45) is 4.42. The molecule has 1 aliphatic rings. The molecule has 0 radical (unpaired) electrons. The number of fused-ring (bicyclic) bond motifs is 1. The van der Waals surface area contributed by atoms with Crippen molar-refractivity contribution in [3.8, 4) is 0 Å². The van der Waals surface area contributed by atoms with Crippen LogP contribution in [-0.2, 0) is 12.8 Å². The van der Waals surface area contributed by atoms with Gasteiger partial charge in [0, 0.05) is 0 Å². The quantitative estimate of drug-likeness (QED) is 0.864. The predicted octanol–water partition coefficient (Wildman–Crippen LogP) is 4.47. The van der Waals surface area contributed by atoms with Gasteiger partial charge in [-0.3, -0.25) is 0 Å². The van der Waals surface area contributed by atoms with E-state index in [0.29, 0.717) is 0 Å². The van der Waals surface area contributed by atoms with Crippen molar-refractivity contribution in [3.05, 3.63) is 55.7 Å². The third kappa shape index (κ3) is 2.40. The Labute approximate surface area is 120 Å². The summed E-state index contributed by atoms with van der Waals surface area (Å²) in [5.41, 5.74) is 4.87. The van der Waals surface area contributed by atoms with E-state index in [-0.39, 0.29) is 0 Å². The van der Waals surface area contributed by atoms with Gasteiger partial charge in [0.2, 0.25) is 0 Å². The summed E-state index contributed by atoms with van der Waals surface area (Å²) < 4.78 is 1.06. The molecule has 1 N–H and O–H groups in total. The van der Waals surface area contributed by atoms with Crippen LogP contribution in [0.15, 0.2) is 33.4 Å². The summed E-state index contributed by atoms with van der Waals surface area (Å²) in [4.78, 5) is 0. The molecule has 0 aliphatic heterocycles. The third-order valence-corrected chi connectivity index (χ3v) is 5.11. The fraction of sp³-hybridized carbons (Fsp3) is 0.333. The summed E-state index contributed by atoms with van der Waals surface area (Å²) in [5.74, 6) is 0. The Balaban J connectivity index is 1.92. The number of halogens is 1. The highest BCUT2D eigenvalue weighted by atomic mass is 79.9. The average molecular weight is 323 g/mol. The molecule has 1 aromatic heterocycles. The Bertz CT molecular complexity index is 561. The molecular formula is C15H15BrOS. The van der Waals surface area contributed by atoms with Crippen LogP contribution in [0, 0.1) is 0 Å². The van der Waals surface area contributed by atoms with Crippen molar-refractivity contribution in [2.75, 3.05) is 0 Å². The Hall–Kier alpha value is -0.640. The molecule has 1 nitrogen and oxygen atoms in total. The minimum absolute atomic E-state index is 0.500. The van der Waals surface area contributed by atoms with Gasteiger partial charge in [0.05, 0.1) is 3.79 Å². The molecule has 1 heterocycles. The molecule has 18 heavy (non-hydrogen) atoms. The standard InChI is InChI=1S/C15H15BrOS/c16-14-8-13(9-18-14)15(17)12-6-5-10-3-1-2-4-11(10)7-12/h5-9,15,17H,1-4H2. The lowest BCUT2D eigenvalue weighted by atomic mass is 9.89. The van der Waals surface area contributed by atoms with E-state index >= 15 is 0 Å². The number of aryl methyl sites for hydroxylation is 2. The molecule has 3 heteroatoms. The van der Waals surface area contributed by atoms with E-state index in [1.54, 1.807) is 11.3 Å². The first-order chi connectivity index (χ1) is 8.74. The van der Waals surface area contributed by atoms with Gasteiger partial charge < -0.3 is 5.11 Å². The van der Waals surface area contributed by atoms with Crippen molar-refractivity contribution in [3.63, 3.8) is 0 Å². The summed E-state index contributed by atoms with van der Waals surface area (Å²) >= 11 is 5.05. The highest BCUT2D eigenvalue weighted by Crippen LogP contribution is 2.31. The van der Waals surface area contributed by atoms with Gasteiger partial charge in [-0.2, -0.15) is 0 Å². The highest BCUT2D eigenvalue weighted by molar-refractivity contribution is 9.11. The fourth-order valence-corrected chi connectivity index (χ4v) is 3.78. The van der Waals surface area contributed by atoms with Crippen LogP contribution in [0.25, 0.3) is 0 Å². The van der Waals surface area contributed by atoms with Crippen molar-refractivity contribution in [1.29, 1.82) is 0 Å². The zero-order valence-corrected chi connectivity index (χ0v) is 12.4. The van der Waals surface area contributed by atoms with Crippen LogP contribution < -0.4 is 0 Å². The predicted molar refractivity (Wildman–Crippen MR) is 79.2 cm³/mol. The maximum atomic E-state index is 10.4. The average Bonchev–Trinajstić information content (AvgIpc) is 2.84. The second-order valence-corrected chi connectivity index (χ2v) is 7.11. The van der Waals surface area contributed by atoms with E-state index in [1.165, 1.54) is 30.4 Å². The van der Waals surface area contributed by atoms with E-state index in [0.717, 1.165) is 21.3 Å². The number of thiophene rings is 1. The number of hydrogen-bond donors (Lipinski definition) is 1. The zero-order valence-electron chi connectivity index (χ0n) is 10.0. The van der Waals surface area contributed by atoms with Gasteiger partial charge in [-0.25, -0.2) is 0 Å².